The van der Waals surface area contributed by atoms with Gasteiger partial charge in [-0.15, -0.1) is 0 Å². The van der Waals surface area contributed by atoms with Gasteiger partial charge in [-0.05, 0) is 12.1 Å². The summed E-state index contributed by atoms with van der Waals surface area (Å²) < 4.78 is 5.01. The van der Waals surface area contributed by atoms with Gasteiger partial charge >= 0.3 is 0 Å². The van der Waals surface area contributed by atoms with Crippen LogP contribution in [0.5, 0.6) is 0 Å². The molecule has 4 nitrogen and oxygen atoms in total. The number of halogens is 2. The van der Waals surface area contributed by atoms with Gasteiger partial charge in [0.2, 0.25) is 0 Å². The van der Waals surface area contributed by atoms with E-state index in [0.29, 0.717) is 12.2 Å². The molecule has 1 aromatic rings. The SMILES string of the molecule is O=C1c2ccc(Cl)c(Cl)c2C(=O)N1CC1CO1. The highest BCUT2D eigenvalue weighted by Crippen LogP contribution is 2.34. The first-order chi connectivity index (χ1) is 8.09. The van der Waals surface area contributed by atoms with Gasteiger partial charge in [-0.3, -0.25) is 14.5 Å². The lowest BCUT2D eigenvalue weighted by Gasteiger charge is -2.11. The average molecular weight is 272 g/mol. The van der Waals surface area contributed by atoms with Crippen LogP contribution in [0.15, 0.2) is 12.1 Å². The van der Waals surface area contributed by atoms with Gasteiger partial charge in [0.05, 0.1) is 40.4 Å². The Morgan fingerprint density at radius 2 is 2.00 bits per heavy atom. The highest BCUT2D eigenvalue weighted by atomic mass is 35.5. The number of benzene rings is 1. The van der Waals surface area contributed by atoms with Crippen molar-refractivity contribution in [1.82, 2.24) is 4.90 Å². The van der Waals surface area contributed by atoms with E-state index in [9.17, 15) is 9.59 Å². The largest absolute Gasteiger partial charge is 0.371 e. The minimum Gasteiger partial charge on any atom is -0.371 e. The molecule has 3 rings (SSSR count). The zero-order chi connectivity index (χ0) is 12.2. The second-order valence-corrected chi connectivity index (χ2v) is 4.75. The molecule has 0 bridgehead atoms. The summed E-state index contributed by atoms with van der Waals surface area (Å²) in [6.45, 7) is 0.863. The van der Waals surface area contributed by atoms with Crippen molar-refractivity contribution in [1.29, 1.82) is 0 Å². The Labute approximate surface area is 107 Å². The van der Waals surface area contributed by atoms with E-state index < -0.39 is 5.91 Å². The van der Waals surface area contributed by atoms with Gasteiger partial charge in [0, 0.05) is 0 Å². The van der Waals surface area contributed by atoms with Gasteiger partial charge in [-0.25, -0.2) is 0 Å². The Bertz CT molecular complexity index is 540. The Morgan fingerprint density at radius 3 is 2.65 bits per heavy atom. The highest BCUT2D eigenvalue weighted by Gasteiger charge is 2.41. The van der Waals surface area contributed by atoms with Crippen LogP contribution in [-0.4, -0.2) is 36.0 Å². The molecule has 88 valence electrons. The monoisotopic (exact) mass is 271 g/mol. The third-order valence-electron chi connectivity index (χ3n) is 2.82. The van der Waals surface area contributed by atoms with Crippen molar-refractivity contribution < 1.29 is 14.3 Å². The molecule has 1 fully saturated rings. The van der Waals surface area contributed by atoms with Crippen molar-refractivity contribution in [2.75, 3.05) is 13.2 Å². The van der Waals surface area contributed by atoms with Crippen LogP contribution in [0.25, 0.3) is 0 Å². The lowest BCUT2D eigenvalue weighted by atomic mass is 10.1. The maximum Gasteiger partial charge on any atom is 0.263 e. The van der Waals surface area contributed by atoms with E-state index in [4.69, 9.17) is 27.9 Å². The normalized spacial score (nSPS) is 22.0. The summed E-state index contributed by atoms with van der Waals surface area (Å²) in [5.41, 5.74) is 0.509. The summed E-state index contributed by atoms with van der Waals surface area (Å²) in [5, 5.41) is 0.415. The molecular weight excluding hydrogens is 265 g/mol. The molecule has 0 aromatic heterocycles. The van der Waals surface area contributed by atoms with Crippen molar-refractivity contribution in [2.45, 2.75) is 6.10 Å². The molecule has 1 saturated heterocycles. The molecule has 0 N–H and O–H groups in total. The van der Waals surface area contributed by atoms with Crippen molar-refractivity contribution in [3.05, 3.63) is 33.3 Å². The van der Waals surface area contributed by atoms with Crippen LogP contribution in [0.4, 0.5) is 0 Å². The van der Waals surface area contributed by atoms with Crippen molar-refractivity contribution >= 4 is 35.0 Å². The molecule has 0 radical (unpaired) electrons. The van der Waals surface area contributed by atoms with Gasteiger partial charge < -0.3 is 4.74 Å². The first kappa shape index (κ1) is 11.0. The molecule has 2 aliphatic rings. The van der Waals surface area contributed by atoms with Gasteiger partial charge in [0.1, 0.15) is 0 Å². The molecule has 2 heterocycles. The summed E-state index contributed by atoms with van der Waals surface area (Å²) >= 11 is 11.8. The van der Waals surface area contributed by atoms with Crippen LogP contribution in [0.3, 0.4) is 0 Å². The number of epoxide rings is 1. The van der Waals surface area contributed by atoms with Crippen molar-refractivity contribution in [3.63, 3.8) is 0 Å². The number of carbonyl (C=O) groups is 2. The Balaban J connectivity index is 2.04. The molecule has 1 atom stereocenters. The quantitative estimate of drug-likeness (QED) is 0.611. The molecule has 0 aliphatic carbocycles. The van der Waals surface area contributed by atoms with Crippen LogP contribution in [0, 0.1) is 0 Å². The van der Waals surface area contributed by atoms with E-state index in [1.165, 1.54) is 12.1 Å². The minimum atomic E-state index is -0.395. The number of imide groups is 1. The Kier molecular flexibility index (Phi) is 2.40. The van der Waals surface area contributed by atoms with Crippen LogP contribution in [0.1, 0.15) is 20.7 Å². The number of hydrogen-bond donors (Lipinski definition) is 0. The third kappa shape index (κ3) is 1.64. The lowest BCUT2D eigenvalue weighted by Crippen LogP contribution is -2.33. The van der Waals surface area contributed by atoms with E-state index in [-0.39, 0.29) is 34.2 Å². The van der Waals surface area contributed by atoms with Crippen LogP contribution >= 0.6 is 23.2 Å². The van der Waals surface area contributed by atoms with E-state index in [1.54, 1.807) is 0 Å². The van der Waals surface area contributed by atoms with Crippen LogP contribution < -0.4 is 0 Å². The molecule has 6 heteroatoms. The molecular formula is C11H7Cl2NO3. The fourth-order valence-electron chi connectivity index (χ4n) is 1.85. The fourth-order valence-corrected chi connectivity index (χ4v) is 2.26. The standard InChI is InChI=1S/C11H7Cl2NO3/c12-7-2-1-6-8(9(7)13)11(16)14(10(6)15)3-5-4-17-5/h1-2,5H,3-4H2. The first-order valence-electron chi connectivity index (χ1n) is 5.05. The Hall–Kier alpha value is -1.10. The van der Waals surface area contributed by atoms with E-state index in [0.717, 1.165) is 4.90 Å². The van der Waals surface area contributed by atoms with Gasteiger partial charge in [0.25, 0.3) is 11.8 Å². The minimum absolute atomic E-state index is 0.0357. The molecule has 2 amide bonds. The number of hydrogen-bond acceptors (Lipinski definition) is 3. The molecule has 1 aromatic carbocycles. The average Bonchev–Trinajstić information content (AvgIpc) is 3.07. The predicted molar refractivity (Wildman–Crippen MR) is 61.6 cm³/mol. The predicted octanol–water partition coefficient (Wildman–Crippen LogP) is 1.99. The summed E-state index contributed by atoms with van der Waals surface area (Å²) in [5.74, 6) is -0.730. The Morgan fingerprint density at radius 1 is 1.29 bits per heavy atom. The van der Waals surface area contributed by atoms with Gasteiger partial charge in [-0.2, -0.15) is 0 Å². The second-order valence-electron chi connectivity index (χ2n) is 3.96. The zero-order valence-corrected chi connectivity index (χ0v) is 10.1. The van der Waals surface area contributed by atoms with E-state index in [2.05, 4.69) is 0 Å². The summed E-state index contributed by atoms with van der Waals surface area (Å²) in [4.78, 5) is 25.2. The number of nitrogens with zero attached hydrogens (tertiary/aromatic N) is 1. The van der Waals surface area contributed by atoms with Crippen molar-refractivity contribution in [2.24, 2.45) is 0 Å². The number of carbonyl (C=O) groups excluding carboxylic acids is 2. The third-order valence-corrected chi connectivity index (χ3v) is 3.62. The summed E-state index contributed by atoms with van der Waals surface area (Å²) in [6.07, 6.45) is -0.0357. The van der Waals surface area contributed by atoms with Crippen LogP contribution in [0.2, 0.25) is 10.0 Å². The maximum atomic E-state index is 12.0. The highest BCUT2D eigenvalue weighted by molar-refractivity contribution is 6.45. The van der Waals surface area contributed by atoms with Crippen LogP contribution in [-0.2, 0) is 4.74 Å². The summed E-state index contributed by atoms with van der Waals surface area (Å²) in [6, 6.07) is 3.04. The number of ether oxygens (including phenoxy) is 1. The number of amides is 2. The van der Waals surface area contributed by atoms with E-state index >= 15 is 0 Å². The molecule has 0 saturated carbocycles. The zero-order valence-electron chi connectivity index (χ0n) is 8.57. The molecule has 1 unspecified atom stereocenters. The molecule has 2 aliphatic heterocycles. The fraction of sp³-hybridized carbons (Fsp3) is 0.273. The molecule has 0 spiro atoms. The second kappa shape index (κ2) is 3.70. The number of fused-ring (bicyclic) bond motifs is 1. The topological polar surface area (TPSA) is 49.9 Å². The lowest BCUT2D eigenvalue weighted by molar-refractivity contribution is 0.0642. The summed E-state index contributed by atoms with van der Waals surface area (Å²) in [7, 11) is 0. The van der Waals surface area contributed by atoms with E-state index in [1.807, 2.05) is 0 Å². The number of rotatable bonds is 2. The van der Waals surface area contributed by atoms with Gasteiger partial charge in [-0.1, -0.05) is 23.2 Å². The maximum absolute atomic E-state index is 12.0. The first-order valence-corrected chi connectivity index (χ1v) is 5.81. The smallest absolute Gasteiger partial charge is 0.263 e. The molecule has 17 heavy (non-hydrogen) atoms. The van der Waals surface area contributed by atoms with Gasteiger partial charge in [0.15, 0.2) is 0 Å². The van der Waals surface area contributed by atoms with Crippen molar-refractivity contribution in [3.8, 4) is 0 Å².